The van der Waals surface area contributed by atoms with E-state index in [0.29, 0.717) is 20.1 Å². The lowest BCUT2D eigenvalue weighted by Crippen LogP contribution is -2.41. The Kier molecular flexibility index (Phi) is 6.65. The Hall–Kier alpha value is -1.46. The summed E-state index contributed by atoms with van der Waals surface area (Å²) in [5, 5.41) is 15.2. The van der Waals surface area contributed by atoms with E-state index in [9.17, 15) is 0 Å². The van der Waals surface area contributed by atoms with Crippen LogP contribution in [0.15, 0.2) is 46.6 Å². The van der Waals surface area contributed by atoms with Gasteiger partial charge in [-0.15, -0.1) is 0 Å². The molecule has 1 saturated heterocycles. The molecular weight excluding hydrogens is 414 g/mol. The van der Waals surface area contributed by atoms with Crippen LogP contribution in [0.5, 0.6) is 0 Å². The van der Waals surface area contributed by atoms with E-state index in [1.165, 1.54) is 0 Å². The van der Waals surface area contributed by atoms with Gasteiger partial charge in [-0.3, -0.25) is 10.0 Å². The fourth-order valence-corrected chi connectivity index (χ4v) is 3.45. The Morgan fingerprint density at radius 1 is 0.615 bits per heavy atom. The van der Waals surface area contributed by atoms with E-state index < -0.39 is 0 Å². The van der Waals surface area contributed by atoms with Gasteiger partial charge in [0.25, 0.3) is 0 Å². The van der Waals surface area contributed by atoms with Crippen LogP contribution in [0.1, 0.15) is 11.1 Å². The lowest BCUT2D eigenvalue weighted by Gasteiger charge is -2.31. The van der Waals surface area contributed by atoms with Gasteiger partial charge in [0.1, 0.15) is 0 Å². The number of nitrogens with zero attached hydrogens (tertiary/aromatic N) is 4. The Balaban J connectivity index is 1.58. The first-order chi connectivity index (χ1) is 12.5. The SMILES string of the molecule is Clc1cccc(Cl)c1/C=N/N1CCN(/N=C/c2c(Cl)cccc2Cl)CC1. The number of hydrogen-bond acceptors (Lipinski definition) is 4. The molecule has 8 heteroatoms. The zero-order valence-electron chi connectivity index (χ0n) is 13.7. The van der Waals surface area contributed by atoms with Gasteiger partial charge in [-0.1, -0.05) is 58.5 Å². The Labute approximate surface area is 172 Å². The number of rotatable bonds is 4. The maximum atomic E-state index is 6.15. The predicted octanol–water partition coefficient (Wildman–Crippen LogP) is 5.29. The van der Waals surface area contributed by atoms with Crippen molar-refractivity contribution in [2.24, 2.45) is 10.2 Å². The van der Waals surface area contributed by atoms with Gasteiger partial charge in [-0.25, -0.2) is 0 Å². The molecule has 1 aliphatic heterocycles. The van der Waals surface area contributed by atoms with Crippen LogP contribution in [0.25, 0.3) is 0 Å². The van der Waals surface area contributed by atoms with Gasteiger partial charge in [0.05, 0.1) is 58.7 Å². The van der Waals surface area contributed by atoms with Crippen LogP contribution in [0, 0.1) is 0 Å². The molecule has 0 spiro atoms. The molecule has 0 amide bonds. The summed E-state index contributed by atoms with van der Waals surface area (Å²) >= 11 is 24.6. The normalized spacial score (nSPS) is 15.4. The smallest absolute Gasteiger partial charge is 0.0572 e. The van der Waals surface area contributed by atoms with Crippen LogP contribution in [0.2, 0.25) is 20.1 Å². The van der Waals surface area contributed by atoms with Crippen LogP contribution < -0.4 is 0 Å². The number of piperazine rings is 1. The van der Waals surface area contributed by atoms with Crippen molar-refractivity contribution < 1.29 is 0 Å². The van der Waals surface area contributed by atoms with Crippen molar-refractivity contribution in [3.8, 4) is 0 Å². The fourth-order valence-electron chi connectivity index (χ4n) is 2.46. The summed E-state index contributed by atoms with van der Waals surface area (Å²) in [7, 11) is 0. The molecule has 2 aromatic rings. The Morgan fingerprint density at radius 2 is 0.923 bits per heavy atom. The van der Waals surface area contributed by atoms with Crippen molar-refractivity contribution in [3.05, 3.63) is 67.6 Å². The molecular formula is C18H16Cl4N4. The second-order valence-corrected chi connectivity index (χ2v) is 7.30. The Morgan fingerprint density at radius 3 is 1.23 bits per heavy atom. The third-order valence-corrected chi connectivity index (χ3v) is 5.25. The standard InChI is InChI=1S/C18H16Cl4N4/c19-15-3-1-4-16(20)13(15)11-23-25-7-9-26(10-8-25)24-12-14-17(21)5-2-6-18(14)22/h1-6,11-12H,7-10H2/b23-11+,24-12+. The summed E-state index contributed by atoms with van der Waals surface area (Å²) in [6, 6.07) is 10.8. The zero-order valence-corrected chi connectivity index (χ0v) is 16.8. The molecule has 2 aromatic carbocycles. The van der Waals surface area contributed by atoms with E-state index in [4.69, 9.17) is 46.4 Å². The largest absolute Gasteiger partial charge is 0.293 e. The van der Waals surface area contributed by atoms with E-state index >= 15 is 0 Å². The summed E-state index contributed by atoms with van der Waals surface area (Å²) < 4.78 is 0. The lowest BCUT2D eigenvalue weighted by molar-refractivity contribution is 0.141. The fraction of sp³-hybridized carbons (Fsp3) is 0.222. The maximum Gasteiger partial charge on any atom is 0.0572 e. The predicted molar refractivity (Wildman–Crippen MR) is 111 cm³/mol. The first kappa shape index (κ1) is 19.3. The van der Waals surface area contributed by atoms with Crippen LogP contribution in [-0.4, -0.2) is 48.6 Å². The highest BCUT2D eigenvalue weighted by atomic mass is 35.5. The average molecular weight is 430 g/mol. The molecule has 0 bridgehead atoms. The molecule has 0 unspecified atom stereocenters. The lowest BCUT2D eigenvalue weighted by atomic mass is 10.2. The van der Waals surface area contributed by atoms with Crippen molar-refractivity contribution in [1.82, 2.24) is 10.0 Å². The van der Waals surface area contributed by atoms with Crippen molar-refractivity contribution in [1.29, 1.82) is 0 Å². The van der Waals surface area contributed by atoms with Gasteiger partial charge in [0.2, 0.25) is 0 Å². The van der Waals surface area contributed by atoms with E-state index in [1.54, 1.807) is 36.7 Å². The number of halogens is 4. The number of benzene rings is 2. The van der Waals surface area contributed by atoms with Crippen LogP contribution in [-0.2, 0) is 0 Å². The van der Waals surface area contributed by atoms with E-state index in [0.717, 1.165) is 37.3 Å². The third kappa shape index (κ3) is 4.83. The molecule has 0 atom stereocenters. The van der Waals surface area contributed by atoms with Crippen molar-refractivity contribution in [2.75, 3.05) is 26.2 Å². The highest BCUT2D eigenvalue weighted by molar-refractivity contribution is 6.39. The molecule has 136 valence electrons. The van der Waals surface area contributed by atoms with Crippen LogP contribution in [0.3, 0.4) is 0 Å². The summed E-state index contributed by atoms with van der Waals surface area (Å²) in [5.74, 6) is 0. The molecule has 1 aliphatic rings. The van der Waals surface area contributed by atoms with Gasteiger partial charge >= 0.3 is 0 Å². The maximum absolute atomic E-state index is 6.15. The zero-order chi connectivity index (χ0) is 18.5. The quantitative estimate of drug-likeness (QED) is 0.618. The average Bonchev–Trinajstić information content (AvgIpc) is 2.62. The molecule has 0 saturated carbocycles. The summed E-state index contributed by atoms with van der Waals surface area (Å²) in [6.07, 6.45) is 3.40. The van der Waals surface area contributed by atoms with E-state index in [-0.39, 0.29) is 0 Å². The van der Waals surface area contributed by atoms with Crippen molar-refractivity contribution >= 4 is 58.8 Å². The minimum Gasteiger partial charge on any atom is -0.293 e. The molecule has 0 aromatic heterocycles. The highest BCUT2D eigenvalue weighted by Gasteiger charge is 2.14. The first-order valence-corrected chi connectivity index (χ1v) is 9.51. The van der Waals surface area contributed by atoms with E-state index in [2.05, 4.69) is 10.2 Å². The molecule has 4 nitrogen and oxygen atoms in total. The summed E-state index contributed by atoms with van der Waals surface area (Å²) in [4.78, 5) is 0. The number of hydrazone groups is 2. The minimum atomic E-state index is 0.584. The molecule has 1 heterocycles. The van der Waals surface area contributed by atoms with Crippen LogP contribution in [0.4, 0.5) is 0 Å². The second kappa shape index (κ2) is 8.96. The first-order valence-electron chi connectivity index (χ1n) is 8.00. The molecule has 3 rings (SSSR count). The van der Waals surface area contributed by atoms with Crippen molar-refractivity contribution in [2.45, 2.75) is 0 Å². The van der Waals surface area contributed by atoms with Crippen molar-refractivity contribution in [3.63, 3.8) is 0 Å². The Bertz CT molecular complexity index is 720. The van der Waals surface area contributed by atoms with E-state index in [1.807, 2.05) is 22.2 Å². The minimum absolute atomic E-state index is 0.584. The summed E-state index contributed by atoms with van der Waals surface area (Å²) in [6.45, 7) is 2.97. The van der Waals surface area contributed by atoms with Gasteiger partial charge in [0, 0.05) is 11.1 Å². The molecule has 26 heavy (non-hydrogen) atoms. The summed E-state index contributed by atoms with van der Waals surface area (Å²) in [5.41, 5.74) is 1.45. The number of hydrogen-bond donors (Lipinski definition) is 0. The van der Waals surface area contributed by atoms with Gasteiger partial charge < -0.3 is 0 Å². The molecule has 0 aliphatic carbocycles. The topological polar surface area (TPSA) is 31.2 Å². The molecule has 1 fully saturated rings. The van der Waals surface area contributed by atoms with Gasteiger partial charge in [0.15, 0.2) is 0 Å². The monoisotopic (exact) mass is 428 g/mol. The molecule has 0 radical (unpaired) electrons. The molecule has 0 N–H and O–H groups in total. The second-order valence-electron chi connectivity index (χ2n) is 5.67. The van der Waals surface area contributed by atoms with Gasteiger partial charge in [-0.05, 0) is 24.3 Å². The van der Waals surface area contributed by atoms with Crippen LogP contribution >= 0.6 is 46.4 Å². The third-order valence-electron chi connectivity index (χ3n) is 3.93. The highest BCUT2D eigenvalue weighted by Crippen LogP contribution is 2.23. The van der Waals surface area contributed by atoms with Gasteiger partial charge in [-0.2, -0.15) is 10.2 Å².